The molecule has 0 aromatic carbocycles. The normalized spacial score (nSPS) is 16.9. The molecule has 0 saturated carbocycles. The number of nitrogens with zero attached hydrogens (tertiary/aromatic N) is 4. The number of piperidine rings is 1. The van der Waals surface area contributed by atoms with Crippen molar-refractivity contribution in [2.75, 3.05) is 13.1 Å². The quantitative estimate of drug-likeness (QED) is 0.756. The maximum Gasteiger partial charge on any atom is 0.263 e. The largest absolute Gasteiger partial charge is 0.348 e. The SMILES string of the molecule is Cc1ccn(Cc2cccnc2)c(=O)c1C(=O)N1CCCC(c2ncc[nH]2)C1. The molecule has 4 heterocycles. The third-order valence-corrected chi connectivity index (χ3v) is 5.28. The number of nitrogens with one attached hydrogen (secondary N) is 1. The predicted octanol–water partition coefficient (Wildman–Crippen LogP) is 2.34. The van der Waals surface area contributed by atoms with Crippen LogP contribution in [0.25, 0.3) is 0 Å². The number of hydrogen-bond donors (Lipinski definition) is 1. The number of carbonyl (C=O) groups is 1. The van der Waals surface area contributed by atoms with Gasteiger partial charge in [-0.15, -0.1) is 0 Å². The molecule has 1 N–H and O–H groups in total. The molecule has 28 heavy (non-hydrogen) atoms. The van der Waals surface area contributed by atoms with Crippen LogP contribution in [-0.4, -0.2) is 43.4 Å². The van der Waals surface area contributed by atoms with Gasteiger partial charge >= 0.3 is 0 Å². The second kappa shape index (κ2) is 7.80. The Morgan fingerprint density at radius 3 is 2.96 bits per heavy atom. The van der Waals surface area contributed by atoms with Crippen molar-refractivity contribution in [1.29, 1.82) is 0 Å². The highest BCUT2D eigenvalue weighted by atomic mass is 16.2. The number of aromatic amines is 1. The molecule has 3 aromatic heterocycles. The fraction of sp³-hybridized carbons (Fsp3) is 0.333. The smallest absolute Gasteiger partial charge is 0.263 e. The molecule has 144 valence electrons. The van der Waals surface area contributed by atoms with Gasteiger partial charge in [0.1, 0.15) is 11.4 Å². The van der Waals surface area contributed by atoms with Crippen molar-refractivity contribution in [3.8, 4) is 0 Å². The molecule has 1 saturated heterocycles. The Morgan fingerprint density at radius 2 is 2.21 bits per heavy atom. The zero-order valence-corrected chi connectivity index (χ0v) is 15.8. The molecule has 1 fully saturated rings. The van der Waals surface area contributed by atoms with Crippen LogP contribution in [0.5, 0.6) is 0 Å². The Labute approximate surface area is 163 Å². The van der Waals surface area contributed by atoms with E-state index in [-0.39, 0.29) is 22.9 Å². The summed E-state index contributed by atoms with van der Waals surface area (Å²) in [7, 11) is 0. The second-order valence-electron chi connectivity index (χ2n) is 7.23. The molecule has 3 aromatic rings. The van der Waals surface area contributed by atoms with Gasteiger partial charge < -0.3 is 14.5 Å². The van der Waals surface area contributed by atoms with Crippen LogP contribution in [0, 0.1) is 6.92 Å². The van der Waals surface area contributed by atoms with Crippen LogP contribution in [0.15, 0.2) is 54.0 Å². The molecule has 4 rings (SSSR count). The number of H-pyrrole nitrogens is 1. The number of hydrogen-bond acceptors (Lipinski definition) is 4. The highest BCUT2D eigenvalue weighted by Crippen LogP contribution is 2.25. The number of rotatable bonds is 4. The van der Waals surface area contributed by atoms with Crippen molar-refractivity contribution in [1.82, 2.24) is 24.4 Å². The van der Waals surface area contributed by atoms with Gasteiger partial charge in [-0.1, -0.05) is 6.07 Å². The van der Waals surface area contributed by atoms with Gasteiger partial charge in [0.2, 0.25) is 0 Å². The van der Waals surface area contributed by atoms with Gasteiger partial charge in [0.25, 0.3) is 11.5 Å². The number of imidazole rings is 1. The molecule has 1 aliphatic rings. The predicted molar refractivity (Wildman–Crippen MR) is 105 cm³/mol. The first-order valence-electron chi connectivity index (χ1n) is 9.51. The molecular weight excluding hydrogens is 354 g/mol. The van der Waals surface area contributed by atoms with E-state index in [9.17, 15) is 9.59 Å². The van der Waals surface area contributed by atoms with Crippen LogP contribution in [-0.2, 0) is 6.54 Å². The van der Waals surface area contributed by atoms with Crippen molar-refractivity contribution in [2.24, 2.45) is 0 Å². The highest BCUT2D eigenvalue weighted by molar-refractivity contribution is 5.95. The van der Waals surface area contributed by atoms with E-state index in [2.05, 4.69) is 15.0 Å². The fourth-order valence-corrected chi connectivity index (χ4v) is 3.78. The third-order valence-electron chi connectivity index (χ3n) is 5.28. The number of amides is 1. The summed E-state index contributed by atoms with van der Waals surface area (Å²) < 4.78 is 1.57. The lowest BCUT2D eigenvalue weighted by Gasteiger charge is -2.32. The summed E-state index contributed by atoms with van der Waals surface area (Å²) in [5.74, 6) is 0.880. The van der Waals surface area contributed by atoms with Crippen molar-refractivity contribution in [3.05, 3.63) is 82.1 Å². The van der Waals surface area contributed by atoms with E-state index in [0.29, 0.717) is 25.2 Å². The van der Waals surface area contributed by atoms with Crippen molar-refractivity contribution in [3.63, 3.8) is 0 Å². The van der Waals surface area contributed by atoms with Crippen LogP contribution in [0.4, 0.5) is 0 Å². The Kier molecular flexibility index (Phi) is 5.06. The third kappa shape index (κ3) is 3.60. The first kappa shape index (κ1) is 18.2. The van der Waals surface area contributed by atoms with Gasteiger partial charge in [0.05, 0.1) is 6.54 Å². The molecule has 1 atom stereocenters. The zero-order valence-electron chi connectivity index (χ0n) is 15.8. The maximum atomic E-state index is 13.2. The van der Waals surface area contributed by atoms with Crippen LogP contribution in [0.3, 0.4) is 0 Å². The van der Waals surface area contributed by atoms with Gasteiger partial charge in [-0.3, -0.25) is 14.6 Å². The number of likely N-dealkylation sites (tertiary alicyclic amines) is 1. The summed E-state index contributed by atoms with van der Waals surface area (Å²) in [5, 5.41) is 0. The number of pyridine rings is 2. The molecule has 0 radical (unpaired) electrons. The van der Waals surface area contributed by atoms with Gasteiger partial charge in [-0.25, -0.2) is 4.98 Å². The Morgan fingerprint density at radius 1 is 1.32 bits per heavy atom. The van der Waals surface area contributed by atoms with Crippen molar-refractivity contribution in [2.45, 2.75) is 32.2 Å². The summed E-state index contributed by atoms with van der Waals surface area (Å²) in [6, 6.07) is 5.58. The van der Waals surface area contributed by atoms with Crippen LogP contribution in [0.1, 0.15) is 46.1 Å². The van der Waals surface area contributed by atoms with E-state index < -0.39 is 0 Å². The second-order valence-corrected chi connectivity index (χ2v) is 7.23. The molecular formula is C21H23N5O2. The molecule has 1 amide bonds. The fourth-order valence-electron chi connectivity index (χ4n) is 3.78. The summed E-state index contributed by atoms with van der Waals surface area (Å²) in [6.07, 6.45) is 10.6. The molecule has 1 unspecified atom stereocenters. The van der Waals surface area contributed by atoms with Gasteiger partial charge in [-0.2, -0.15) is 0 Å². The van der Waals surface area contributed by atoms with E-state index >= 15 is 0 Å². The van der Waals surface area contributed by atoms with E-state index in [1.165, 1.54) is 0 Å². The Bertz CT molecular complexity index is 1010. The zero-order chi connectivity index (χ0) is 19.5. The lowest BCUT2D eigenvalue weighted by atomic mass is 9.96. The Hall–Kier alpha value is -3.22. The first-order chi connectivity index (χ1) is 13.6. The molecule has 7 heteroatoms. The van der Waals surface area contributed by atoms with Gasteiger partial charge in [0.15, 0.2) is 0 Å². The van der Waals surface area contributed by atoms with E-state index in [0.717, 1.165) is 24.2 Å². The van der Waals surface area contributed by atoms with Crippen LogP contribution >= 0.6 is 0 Å². The monoisotopic (exact) mass is 377 g/mol. The van der Waals surface area contributed by atoms with Crippen molar-refractivity contribution < 1.29 is 4.79 Å². The summed E-state index contributed by atoms with van der Waals surface area (Å²) in [4.78, 5) is 39.7. The average Bonchev–Trinajstić information content (AvgIpc) is 3.26. The van der Waals surface area contributed by atoms with Crippen LogP contribution in [0.2, 0.25) is 0 Å². The molecule has 0 aliphatic carbocycles. The lowest BCUT2D eigenvalue weighted by Crippen LogP contribution is -2.42. The molecule has 7 nitrogen and oxygen atoms in total. The maximum absolute atomic E-state index is 13.2. The summed E-state index contributed by atoms with van der Waals surface area (Å²) >= 11 is 0. The van der Waals surface area contributed by atoms with Crippen LogP contribution < -0.4 is 5.56 Å². The van der Waals surface area contributed by atoms with E-state index in [4.69, 9.17) is 0 Å². The highest BCUT2D eigenvalue weighted by Gasteiger charge is 2.29. The lowest BCUT2D eigenvalue weighted by molar-refractivity contribution is 0.0701. The Balaban J connectivity index is 1.60. The molecule has 0 spiro atoms. The molecule has 0 bridgehead atoms. The van der Waals surface area contributed by atoms with E-state index in [1.54, 1.807) is 40.5 Å². The minimum absolute atomic E-state index is 0.175. The number of aromatic nitrogens is 4. The average molecular weight is 377 g/mol. The number of aryl methyl sites for hydroxylation is 1. The summed E-state index contributed by atoms with van der Waals surface area (Å²) in [5.41, 5.74) is 1.63. The van der Waals surface area contributed by atoms with Crippen molar-refractivity contribution >= 4 is 5.91 Å². The minimum Gasteiger partial charge on any atom is -0.348 e. The number of carbonyl (C=O) groups excluding carboxylic acids is 1. The molecule has 1 aliphatic heterocycles. The topological polar surface area (TPSA) is 83.9 Å². The summed E-state index contributed by atoms with van der Waals surface area (Å²) in [6.45, 7) is 3.44. The van der Waals surface area contributed by atoms with Gasteiger partial charge in [0, 0.05) is 50.0 Å². The standard InChI is InChI=1S/C21H23N5O2/c1-15-6-11-26(13-16-4-2-7-22-12-16)21(28)18(15)20(27)25-10-3-5-17(14-25)19-23-8-9-24-19/h2,4,6-9,11-12,17H,3,5,10,13-14H2,1H3,(H,23,24). The minimum atomic E-state index is -0.256. The van der Waals surface area contributed by atoms with E-state index in [1.807, 2.05) is 25.1 Å². The van der Waals surface area contributed by atoms with Gasteiger partial charge in [-0.05, 0) is 43.0 Å². The first-order valence-corrected chi connectivity index (χ1v) is 9.51.